The van der Waals surface area contributed by atoms with E-state index in [0.29, 0.717) is 12.3 Å². The highest BCUT2D eigenvalue weighted by Crippen LogP contribution is 2.29. The smallest absolute Gasteiger partial charge is 0.259 e. The van der Waals surface area contributed by atoms with Crippen LogP contribution in [0.25, 0.3) is 5.78 Å². The number of carbonyl (C=O) groups is 1. The van der Waals surface area contributed by atoms with Gasteiger partial charge >= 0.3 is 0 Å². The lowest BCUT2D eigenvalue weighted by Crippen LogP contribution is -2.41. The number of piperidine rings is 1. The van der Waals surface area contributed by atoms with Gasteiger partial charge in [-0.2, -0.15) is 5.10 Å². The fourth-order valence-electron chi connectivity index (χ4n) is 3.73. The van der Waals surface area contributed by atoms with Crippen LogP contribution in [0.3, 0.4) is 0 Å². The molecule has 0 saturated carbocycles. The number of rotatable bonds is 3. The van der Waals surface area contributed by atoms with Gasteiger partial charge in [-0.15, -0.1) is 0 Å². The molecule has 1 atom stereocenters. The standard InChI is InChI=1S/C18H22N6O2/c1-12-9-13(2)24(21-12)11-17(26)22-7-4-3-5-15(22)14-10-16(25)23-8-6-19-18(23)20-14/h6,8-10,15H,3-5,7,11H2,1-2H3,(H,19,20)/t15-/m0/s1. The number of aromatic amines is 1. The van der Waals surface area contributed by atoms with E-state index in [1.807, 2.05) is 24.8 Å². The van der Waals surface area contributed by atoms with Crippen LogP contribution < -0.4 is 5.56 Å². The number of fused-ring (bicyclic) bond motifs is 1. The molecule has 1 aliphatic heterocycles. The molecule has 1 aliphatic rings. The van der Waals surface area contributed by atoms with Gasteiger partial charge in [0.05, 0.1) is 11.7 Å². The number of hydrogen-bond acceptors (Lipinski definition) is 4. The van der Waals surface area contributed by atoms with E-state index >= 15 is 0 Å². The van der Waals surface area contributed by atoms with Crippen LogP contribution in [-0.2, 0) is 11.3 Å². The summed E-state index contributed by atoms with van der Waals surface area (Å²) in [6.45, 7) is 4.77. The third-order valence-electron chi connectivity index (χ3n) is 4.98. The maximum absolute atomic E-state index is 13.0. The van der Waals surface area contributed by atoms with Crippen molar-refractivity contribution in [2.45, 2.75) is 45.7 Å². The monoisotopic (exact) mass is 354 g/mol. The molecule has 1 fully saturated rings. The first-order valence-corrected chi connectivity index (χ1v) is 8.90. The van der Waals surface area contributed by atoms with Crippen molar-refractivity contribution in [3.63, 3.8) is 0 Å². The highest BCUT2D eigenvalue weighted by atomic mass is 16.2. The van der Waals surface area contributed by atoms with E-state index in [9.17, 15) is 9.59 Å². The van der Waals surface area contributed by atoms with Gasteiger partial charge in [-0.3, -0.25) is 18.7 Å². The lowest BCUT2D eigenvalue weighted by atomic mass is 9.99. The van der Waals surface area contributed by atoms with Gasteiger partial charge in [0.25, 0.3) is 5.56 Å². The van der Waals surface area contributed by atoms with E-state index in [0.717, 1.165) is 36.3 Å². The average molecular weight is 354 g/mol. The zero-order valence-electron chi connectivity index (χ0n) is 15.0. The third kappa shape index (κ3) is 2.91. The van der Waals surface area contributed by atoms with Crippen LogP contribution in [0.5, 0.6) is 0 Å². The maximum atomic E-state index is 13.0. The summed E-state index contributed by atoms with van der Waals surface area (Å²) < 4.78 is 3.21. The van der Waals surface area contributed by atoms with Crippen LogP contribution in [0.15, 0.2) is 29.3 Å². The SMILES string of the molecule is Cc1cc(C)n(CC(=O)N2CCCC[C@H]2c2cc(=O)n3ccnc3[nH]2)n1. The van der Waals surface area contributed by atoms with Crippen molar-refractivity contribution in [2.75, 3.05) is 6.54 Å². The zero-order valence-corrected chi connectivity index (χ0v) is 15.0. The Bertz CT molecular complexity index is 1010. The number of nitrogens with zero attached hydrogens (tertiary/aromatic N) is 5. The van der Waals surface area contributed by atoms with Gasteiger partial charge in [-0.05, 0) is 39.2 Å². The van der Waals surface area contributed by atoms with E-state index in [-0.39, 0.29) is 24.1 Å². The van der Waals surface area contributed by atoms with Crippen molar-refractivity contribution < 1.29 is 4.79 Å². The highest BCUT2D eigenvalue weighted by Gasteiger charge is 2.29. The number of imidazole rings is 1. The number of amides is 1. The number of carbonyl (C=O) groups excluding carboxylic acids is 1. The molecular weight excluding hydrogens is 332 g/mol. The predicted molar refractivity (Wildman–Crippen MR) is 95.8 cm³/mol. The van der Waals surface area contributed by atoms with E-state index in [1.165, 1.54) is 4.40 Å². The summed E-state index contributed by atoms with van der Waals surface area (Å²) in [6, 6.07) is 3.40. The minimum Gasteiger partial charge on any atom is -0.333 e. The topological polar surface area (TPSA) is 88.3 Å². The Kier molecular flexibility index (Phi) is 4.10. The number of hydrogen-bond donors (Lipinski definition) is 1. The normalized spacial score (nSPS) is 17.8. The van der Waals surface area contributed by atoms with Crippen molar-refractivity contribution >= 4 is 11.7 Å². The lowest BCUT2D eigenvalue weighted by Gasteiger charge is -2.35. The molecule has 0 aliphatic carbocycles. The Morgan fingerprint density at radius 1 is 1.31 bits per heavy atom. The van der Waals surface area contributed by atoms with Crippen LogP contribution in [0.2, 0.25) is 0 Å². The molecule has 1 saturated heterocycles. The maximum Gasteiger partial charge on any atom is 0.259 e. The molecule has 26 heavy (non-hydrogen) atoms. The summed E-state index contributed by atoms with van der Waals surface area (Å²) in [4.78, 5) is 34.5. The van der Waals surface area contributed by atoms with Gasteiger partial charge in [0.2, 0.25) is 11.7 Å². The van der Waals surface area contributed by atoms with E-state index in [1.54, 1.807) is 23.1 Å². The van der Waals surface area contributed by atoms with E-state index in [4.69, 9.17) is 0 Å². The minimum absolute atomic E-state index is 0.0185. The van der Waals surface area contributed by atoms with Gasteiger partial charge < -0.3 is 9.88 Å². The van der Waals surface area contributed by atoms with Gasteiger partial charge in [0.15, 0.2) is 0 Å². The summed E-state index contributed by atoms with van der Waals surface area (Å²) in [5, 5.41) is 4.39. The molecule has 1 amide bonds. The number of aryl methyl sites for hydroxylation is 2. The quantitative estimate of drug-likeness (QED) is 0.774. The van der Waals surface area contributed by atoms with Crippen LogP contribution >= 0.6 is 0 Å². The summed E-state index contributed by atoms with van der Waals surface area (Å²) in [5.74, 6) is 0.522. The molecule has 0 aromatic carbocycles. The molecule has 4 heterocycles. The Labute approximate surface area is 150 Å². The van der Waals surface area contributed by atoms with Crippen LogP contribution in [0, 0.1) is 13.8 Å². The van der Waals surface area contributed by atoms with E-state index < -0.39 is 0 Å². The van der Waals surface area contributed by atoms with Crippen molar-refractivity contribution in [2.24, 2.45) is 0 Å². The van der Waals surface area contributed by atoms with Crippen LogP contribution in [0.4, 0.5) is 0 Å². The number of nitrogens with one attached hydrogen (secondary N) is 1. The minimum atomic E-state index is -0.136. The van der Waals surface area contributed by atoms with Crippen molar-refractivity contribution in [1.29, 1.82) is 0 Å². The third-order valence-corrected chi connectivity index (χ3v) is 4.98. The van der Waals surface area contributed by atoms with Crippen LogP contribution in [0.1, 0.15) is 42.4 Å². The zero-order chi connectivity index (χ0) is 18.3. The summed E-state index contributed by atoms with van der Waals surface area (Å²) in [5.41, 5.74) is 2.48. The Morgan fingerprint density at radius 2 is 2.15 bits per heavy atom. The van der Waals surface area contributed by atoms with Gasteiger partial charge in [-0.25, -0.2) is 4.98 Å². The van der Waals surface area contributed by atoms with Gasteiger partial charge in [0, 0.05) is 36.4 Å². The first-order valence-electron chi connectivity index (χ1n) is 8.90. The predicted octanol–water partition coefficient (Wildman–Crippen LogP) is 1.59. The summed E-state index contributed by atoms with van der Waals surface area (Å²) in [6.07, 6.45) is 6.04. The molecule has 0 bridgehead atoms. The molecule has 1 N–H and O–H groups in total. The molecule has 0 radical (unpaired) electrons. The summed E-state index contributed by atoms with van der Waals surface area (Å²) >= 11 is 0. The molecule has 0 spiro atoms. The largest absolute Gasteiger partial charge is 0.333 e. The number of aromatic nitrogens is 5. The molecule has 136 valence electrons. The van der Waals surface area contributed by atoms with Crippen molar-refractivity contribution in [1.82, 2.24) is 29.0 Å². The van der Waals surface area contributed by atoms with E-state index in [2.05, 4.69) is 15.1 Å². The number of H-pyrrole nitrogens is 1. The summed E-state index contributed by atoms with van der Waals surface area (Å²) in [7, 11) is 0. The highest BCUT2D eigenvalue weighted by molar-refractivity contribution is 5.76. The molecule has 8 nitrogen and oxygen atoms in total. The Hall–Kier alpha value is -2.90. The first kappa shape index (κ1) is 16.6. The van der Waals surface area contributed by atoms with Gasteiger partial charge in [0.1, 0.15) is 6.54 Å². The molecule has 3 aromatic rings. The van der Waals surface area contributed by atoms with Crippen LogP contribution in [-0.4, -0.2) is 41.5 Å². The Morgan fingerprint density at radius 3 is 2.92 bits per heavy atom. The Balaban J connectivity index is 1.64. The molecular formula is C18H22N6O2. The fourth-order valence-corrected chi connectivity index (χ4v) is 3.73. The second-order valence-corrected chi connectivity index (χ2v) is 6.87. The number of likely N-dealkylation sites (tertiary alicyclic amines) is 1. The van der Waals surface area contributed by atoms with Gasteiger partial charge in [-0.1, -0.05) is 0 Å². The molecule has 4 rings (SSSR count). The molecule has 3 aromatic heterocycles. The average Bonchev–Trinajstić information content (AvgIpc) is 3.21. The second kappa shape index (κ2) is 6.44. The van der Waals surface area contributed by atoms with Crippen molar-refractivity contribution in [3.05, 3.63) is 52.0 Å². The molecule has 8 heteroatoms. The second-order valence-electron chi connectivity index (χ2n) is 6.87. The molecule has 0 unspecified atom stereocenters. The lowest BCUT2D eigenvalue weighted by molar-refractivity contribution is -0.136. The van der Waals surface area contributed by atoms with Crippen molar-refractivity contribution in [3.8, 4) is 0 Å². The fraction of sp³-hybridized carbons (Fsp3) is 0.444. The first-order chi connectivity index (χ1) is 12.5.